The molecule has 47 heavy (non-hydrogen) atoms. The van der Waals surface area contributed by atoms with Crippen molar-refractivity contribution in [2.45, 2.75) is 56.6 Å². The van der Waals surface area contributed by atoms with Gasteiger partial charge in [0.05, 0.1) is 40.8 Å². The van der Waals surface area contributed by atoms with Crippen molar-refractivity contribution in [1.82, 2.24) is 28.9 Å². The molecule has 11 nitrogen and oxygen atoms in total. The van der Waals surface area contributed by atoms with E-state index in [4.69, 9.17) is 16.6 Å². The predicted octanol–water partition coefficient (Wildman–Crippen LogP) is 5.13. The number of alkyl halides is 3. The number of aliphatic carboxylic acids is 1. The van der Waals surface area contributed by atoms with Crippen LogP contribution in [-0.2, 0) is 33.0 Å². The van der Waals surface area contributed by atoms with Gasteiger partial charge in [0.15, 0.2) is 11.5 Å². The van der Waals surface area contributed by atoms with E-state index in [0.29, 0.717) is 40.4 Å². The van der Waals surface area contributed by atoms with Crippen molar-refractivity contribution in [3.63, 3.8) is 0 Å². The molecule has 4 aromatic rings. The van der Waals surface area contributed by atoms with Gasteiger partial charge in [0.2, 0.25) is 15.8 Å². The third kappa shape index (κ3) is 4.72. The number of allylic oxidation sites excluding steroid dienone is 1. The number of carbonyl (C=O) groups is 1. The van der Waals surface area contributed by atoms with Crippen molar-refractivity contribution < 1.29 is 31.5 Å². The molecule has 3 atom stereocenters. The summed E-state index contributed by atoms with van der Waals surface area (Å²) in [6, 6.07) is 6.33. The van der Waals surface area contributed by atoms with Gasteiger partial charge in [-0.05, 0) is 67.5 Å². The molecule has 1 aliphatic carbocycles. The summed E-state index contributed by atoms with van der Waals surface area (Å²) in [5.74, 6) is -3.39. The first-order valence-corrected chi connectivity index (χ1v) is 16.7. The van der Waals surface area contributed by atoms with E-state index in [1.165, 1.54) is 28.8 Å². The van der Waals surface area contributed by atoms with Crippen LogP contribution in [-0.4, -0.2) is 61.5 Å². The summed E-state index contributed by atoms with van der Waals surface area (Å²) in [6.45, 7) is 5.67. The van der Waals surface area contributed by atoms with Gasteiger partial charge in [-0.2, -0.15) is 17.5 Å². The average molecular weight is 688 g/mol. The molecule has 0 spiro atoms. The number of carboxylic acid groups (broad SMARTS) is 1. The Morgan fingerprint density at radius 2 is 1.96 bits per heavy atom. The van der Waals surface area contributed by atoms with E-state index in [9.17, 15) is 31.5 Å². The number of rotatable bonds is 5. The van der Waals surface area contributed by atoms with Gasteiger partial charge in [-0.3, -0.25) is 14.2 Å². The smallest absolute Gasteiger partial charge is 0.452 e. The molecule has 7 rings (SSSR count). The third-order valence-electron chi connectivity index (χ3n) is 9.67. The molecular formula is C31H29ClF3N7O4S. The summed E-state index contributed by atoms with van der Waals surface area (Å²) in [4.78, 5) is 23.8. The largest absolute Gasteiger partial charge is 0.481 e. The third-order valence-corrected chi connectivity index (χ3v) is 11.7. The van der Waals surface area contributed by atoms with Crippen molar-refractivity contribution in [2.75, 3.05) is 18.0 Å². The zero-order valence-electron chi connectivity index (χ0n) is 25.5. The highest BCUT2D eigenvalue weighted by Crippen LogP contribution is 2.64. The van der Waals surface area contributed by atoms with E-state index < -0.39 is 45.2 Å². The van der Waals surface area contributed by atoms with Crippen LogP contribution in [0.5, 0.6) is 0 Å². The normalized spacial score (nSPS) is 24.0. The van der Waals surface area contributed by atoms with Gasteiger partial charge in [0, 0.05) is 24.6 Å². The Kier molecular flexibility index (Phi) is 7.19. The van der Waals surface area contributed by atoms with E-state index in [1.807, 2.05) is 11.0 Å². The number of halogens is 4. The molecule has 0 saturated heterocycles. The lowest BCUT2D eigenvalue weighted by molar-refractivity contribution is -0.145. The number of hydrogen-bond donors (Lipinski definition) is 1. The van der Waals surface area contributed by atoms with Crippen LogP contribution in [0.25, 0.3) is 5.65 Å². The van der Waals surface area contributed by atoms with Gasteiger partial charge in [0.25, 0.3) is 0 Å². The van der Waals surface area contributed by atoms with Crippen LogP contribution < -0.4 is 4.90 Å². The molecule has 1 N–H and O–H groups in total. The van der Waals surface area contributed by atoms with E-state index in [0.717, 1.165) is 22.9 Å². The maximum Gasteiger partial charge on any atom is 0.452 e. The summed E-state index contributed by atoms with van der Waals surface area (Å²) in [7, 11) is -4.12. The van der Waals surface area contributed by atoms with Crippen LogP contribution in [0.3, 0.4) is 0 Å². The van der Waals surface area contributed by atoms with Crippen molar-refractivity contribution in [3.8, 4) is 0 Å². The zero-order chi connectivity index (χ0) is 33.6. The van der Waals surface area contributed by atoms with E-state index >= 15 is 0 Å². The van der Waals surface area contributed by atoms with Crippen LogP contribution in [0.2, 0.25) is 5.02 Å². The molecule has 1 fully saturated rings. The summed E-state index contributed by atoms with van der Waals surface area (Å²) in [5.41, 5.74) is 1.81. The Labute approximate surface area is 272 Å². The highest BCUT2D eigenvalue weighted by atomic mass is 35.5. The second-order valence-electron chi connectivity index (χ2n) is 12.2. The fourth-order valence-corrected chi connectivity index (χ4v) is 9.05. The van der Waals surface area contributed by atoms with Crippen molar-refractivity contribution >= 4 is 39.1 Å². The van der Waals surface area contributed by atoms with Crippen LogP contribution >= 0.6 is 11.6 Å². The highest BCUT2D eigenvalue weighted by Gasteiger charge is 2.69. The molecule has 0 bridgehead atoms. The summed E-state index contributed by atoms with van der Waals surface area (Å²) in [5, 5.41) is 17.6. The fourth-order valence-electron chi connectivity index (χ4n) is 7.28. The molecule has 0 amide bonds. The van der Waals surface area contributed by atoms with Crippen molar-refractivity contribution in [1.29, 1.82) is 0 Å². The molecule has 3 aliphatic rings. The number of pyridine rings is 3. The summed E-state index contributed by atoms with van der Waals surface area (Å²) >= 11 is 6.22. The number of carboxylic acids is 1. The van der Waals surface area contributed by atoms with Crippen LogP contribution in [0.1, 0.15) is 53.7 Å². The molecule has 2 unspecified atom stereocenters. The standard InChI is InChI=1S/C31H29ClF3N7O4S/c1-16-7-8-24(30(18(3)25(30)28(43)44)21-9-11-42-26(17(21)2)38-39-29(42)31(33,34)35)37-22(16)15-40-14-20-6-4-5-10-41(20)27-23(47(40,45)46)12-19(32)13-36-27/h6-9,11-13,18,25H,4-5,10,14-15H2,1-3H3,(H,43,44)/t18?,25?,30-/m1/s1. The first-order valence-electron chi connectivity index (χ1n) is 14.9. The molecule has 246 valence electrons. The second-order valence-corrected chi connectivity index (χ2v) is 14.6. The fraction of sp³-hybridized carbons (Fsp3) is 0.387. The number of fused-ring (bicyclic) bond motifs is 4. The quantitative estimate of drug-likeness (QED) is 0.303. The lowest BCUT2D eigenvalue weighted by Gasteiger charge is -2.29. The van der Waals surface area contributed by atoms with Crippen LogP contribution in [0.15, 0.2) is 53.3 Å². The lowest BCUT2D eigenvalue weighted by atomic mass is 9.85. The zero-order valence-corrected chi connectivity index (χ0v) is 27.0. The lowest BCUT2D eigenvalue weighted by Crippen LogP contribution is -2.35. The van der Waals surface area contributed by atoms with E-state index in [2.05, 4.69) is 15.2 Å². The van der Waals surface area contributed by atoms with E-state index in [-0.39, 0.29) is 28.7 Å². The van der Waals surface area contributed by atoms with Crippen LogP contribution in [0, 0.1) is 25.7 Å². The molecule has 4 aromatic heterocycles. The minimum absolute atomic E-state index is 0.0159. The van der Waals surface area contributed by atoms with Gasteiger partial charge in [-0.15, -0.1) is 10.2 Å². The van der Waals surface area contributed by atoms with Gasteiger partial charge in [-0.25, -0.2) is 13.4 Å². The van der Waals surface area contributed by atoms with Crippen molar-refractivity contribution in [2.24, 2.45) is 11.8 Å². The van der Waals surface area contributed by atoms with Gasteiger partial charge in [0.1, 0.15) is 4.90 Å². The molecule has 16 heteroatoms. The minimum atomic E-state index is -4.74. The summed E-state index contributed by atoms with van der Waals surface area (Å²) < 4.78 is 71.3. The molecular weight excluding hydrogens is 659 g/mol. The van der Waals surface area contributed by atoms with Gasteiger partial charge in [-0.1, -0.05) is 30.7 Å². The minimum Gasteiger partial charge on any atom is -0.481 e. The number of nitrogens with zero attached hydrogens (tertiary/aromatic N) is 7. The summed E-state index contributed by atoms with van der Waals surface area (Å²) in [6.07, 6.45) is 1.50. The van der Waals surface area contributed by atoms with Crippen LogP contribution in [0.4, 0.5) is 19.0 Å². The molecule has 0 aromatic carbocycles. The first-order chi connectivity index (χ1) is 22.2. The maximum absolute atomic E-state index is 14.2. The SMILES string of the molecule is Cc1ccc([C@]2(c3ccn4c(C(F)(F)F)nnc4c3C)C(C)C2C(=O)O)nc1CN1CC2=CCCCN2c2ncc(Cl)cc2S1(=O)=O. The molecule has 1 saturated carbocycles. The van der Waals surface area contributed by atoms with Gasteiger partial charge >= 0.3 is 12.1 Å². The monoisotopic (exact) mass is 687 g/mol. The number of anilines is 1. The Balaban J connectivity index is 1.34. The number of aryl methyl sites for hydroxylation is 2. The Hall–Kier alpha value is -4.08. The molecule has 6 heterocycles. The Morgan fingerprint density at radius 3 is 2.66 bits per heavy atom. The first kappa shape index (κ1) is 31.5. The maximum atomic E-state index is 14.2. The predicted molar refractivity (Wildman–Crippen MR) is 164 cm³/mol. The number of aromatic nitrogens is 5. The second kappa shape index (κ2) is 10.7. The number of sulfonamides is 1. The van der Waals surface area contributed by atoms with Gasteiger partial charge < -0.3 is 10.0 Å². The highest BCUT2D eigenvalue weighted by molar-refractivity contribution is 7.89. The Bertz CT molecular complexity index is 2120. The molecule has 2 aliphatic heterocycles. The molecule has 0 radical (unpaired) electrons. The average Bonchev–Trinajstić information content (AvgIpc) is 3.41. The number of hydrogen-bond acceptors (Lipinski definition) is 8. The van der Waals surface area contributed by atoms with Crippen molar-refractivity contribution in [3.05, 3.63) is 87.4 Å². The topological polar surface area (TPSA) is 134 Å². The Morgan fingerprint density at radius 1 is 1.19 bits per heavy atom. The van der Waals surface area contributed by atoms with E-state index in [1.54, 1.807) is 32.9 Å².